The van der Waals surface area contributed by atoms with Crippen LogP contribution in [0.4, 0.5) is 0 Å². The number of aliphatic hydroxyl groups is 1. The largest absolute Gasteiger partial charge is 0.487 e. The van der Waals surface area contributed by atoms with Gasteiger partial charge in [0.15, 0.2) is 11.9 Å². The van der Waals surface area contributed by atoms with Gasteiger partial charge in [-0.2, -0.15) is 11.3 Å². The van der Waals surface area contributed by atoms with Crippen molar-refractivity contribution >= 4 is 17.4 Å². The third kappa shape index (κ3) is 4.47. The summed E-state index contributed by atoms with van der Waals surface area (Å²) in [6, 6.07) is 12.1. The van der Waals surface area contributed by atoms with E-state index in [4.69, 9.17) is 14.2 Å². The van der Waals surface area contributed by atoms with Crippen molar-refractivity contribution in [3.63, 3.8) is 0 Å². The second-order valence-electron chi connectivity index (χ2n) is 7.71. The average molecular weight is 402 g/mol. The number of hydrogen-bond donors (Lipinski definition) is 2. The molecule has 6 heteroatoms. The van der Waals surface area contributed by atoms with E-state index in [0.717, 1.165) is 24.3 Å². The minimum atomic E-state index is -0.705. The zero-order valence-corrected chi connectivity index (χ0v) is 17.0. The molecule has 1 aromatic carbocycles. The van der Waals surface area contributed by atoms with Crippen LogP contribution in [0.25, 0.3) is 6.08 Å². The second kappa shape index (κ2) is 8.35. The van der Waals surface area contributed by atoms with Gasteiger partial charge < -0.3 is 24.6 Å². The molecule has 0 amide bonds. The first kappa shape index (κ1) is 19.6. The van der Waals surface area contributed by atoms with Crippen LogP contribution in [-0.4, -0.2) is 48.4 Å². The van der Waals surface area contributed by atoms with Crippen molar-refractivity contribution in [1.82, 2.24) is 5.32 Å². The minimum Gasteiger partial charge on any atom is -0.487 e. The zero-order valence-electron chi connectivity index (χ0n) is 16.2. The van der Waals surface area contributed by atoms with Crippen molar-refractivity contribution < 1.29 is 19.3 Å². The van der Waals surface area contributed by atoms with Gasteiger partial charge in [0.2, 0.25) is 0 Å². The van der Waals surface area contributed by atoms with Crippen molar-refractivity contribution in [1.29, 1.82) is 0 Å². The van der Waals surface area contributed by atoms with Crippen molar-refractivity contribution in [2.24, 2.45) is 0 Å². The van der Waals surface area contributed by atoms with Gasteiger partial charge in [0.05, 0.1) is 12.6 Å². The molecule has 4 rings (SSSR count). The monoisotopic (exact) mass is 401 g/mol. The highest BCUT2D eigenvalue weighted by Crippen LogP contribution is 2.34. The SMILES string of the molecule is CC1(C)OC[C@H]([C@H]2O/C(=C\c3ccsc3)[C@H](NCCc3ccccc3)[C@H]2O)O1. The molecule has 2 saturated heterocycles. The molecule has 5 nitrogen and oxygen atoms in total. The molecule has 0 spiro atoms. The van der Waals surface area contributed by atoms with Gasteiger partial charge in [0, 0.05) is 0 Å². The first-order valence-electron chi connectivity index (χ1n) is 9.69. The van der Waals surface area contributed by atoms with E-state index in [1.165, 1.54) is 5.56 Å². The molecule has 2 fully saturated rings. The van der Waals surface area contributed by atoms with Gasteiger partial charge in [-0.1, -0.05) is 30.3 Å². The van der Waals surface area contributed by atoms with Crippen LogP contribution in [-0.2, 0) is 20.6 Å². The van der Waals surface area contributed by atoms with Gasteiger partial charge >= 0.3 is 0 Å². The van der Waals surface area contributed by atoms with Gasteiger partial charge in [-0.3, -0.25) is 0 Å². The number of aliphatic hydroxyl groups excluding tert-OH is 1. The molecule has 1 aromatic heterocycles. The summed E-state index contributed by atoms with van der Waals surface area (Å²) in [7, 11) is 0. The first-order valence-corrected chi connectivity index (χ1v) is 10.6. The zero-order chi connectivity index (χ0) is 19.6. The van der Waals surface area contributed by atoms with E-state index in [0.29, 0.717) is 6.61 Å². The summed E-state index contributed by atoms with van der Waals surface area (Å²) >= 11 is 1.64. The normalized spacial score (nSPS) is 30.6. The van der Waals surface area contributed by atoms with E-state index in [-0.39, 0.29) is 12.1 Å². The van der Waals surface area contributed by atoms with Crippen LogP contribution >= 0.6 is 11.3 Å². The molecule has 0 aliphatic carbocycles. The molecule has 0 bridgehead atoms. The molecule has 0 saturated carbocycles. The number of hydrogen-bond acceptors (Lipinski definition) is 6. The predicted octanol–water partition coefficient (Wildman–Crippen LogP) is 3.20. The molecular formula is C22H27NO4S. The van der Waals surface area contributed by atoms with Crippen LogP contribution in [0.5, 0.6) is 0 Å². The van der Waals surface area contributed by atoms with Gasteiger partial charge in [0.25, 0.3) is 0 Å². The fraction of sp³-hybridized carbons (Fsp3) is 0.455. The Labute approximate surface area is 169 Å². The molecule has 28 heavy (non-hydrogen) atoms. The van der Waals surface area contributed by atoms with Gasteiger partial charge in [-0.15, -0.1) is 0 Å². The van der Waals surface area contributed by atoms with E-state index in [1.807, 2.05) is 49.6 Å². The summed E-state index contributed by atoms with van der Waals surface area (Å²) in [5, 5.41) is 18.6. The number of rotatable bonds is 6. The summed E-state index contributed by atoms with van der Waals surface area (Å²) in [6.07, 6.45) is 1.43. The van der Waals surface area contributed by atoms with E-state index in [2.05, 4.69) is 22.8 Å². The fourth-order valence-corrected chi connectivity index (χ4v) is 4.33. The highest BCUT2D eigenvalue weighted by atomic mass is 32.1. The Morgan fingerprint density at radius 1 is 1.25 bits per heavy atom. The third-order valence-electron chi connectivity index (χ3n) is 5.13. The van der Waals surface area contributed by atoms with E-state index in [1.54, 1.807) is 11.3 Å². The smallest absolute Gasteiger partial charge is 0.163 e. The maximum atomic E-state index is 11.0. The number of ether oxygens (including phenoxy) is 3. The highest BCUT2D eigenvalue weighted by Gasteiger charge is 2.49. The summed E-state index contributed by atoms with van der Waals surface area (Å²) < 4.78 is 17.8. The lowest BCUT2D eigenvalue weighted by molar-refractivity contribution is -0.156. The highest BCUT2D eigenvalue weighted by molar-refractivity contribution is 7.08. The van der Waals surface area contributed by atoms with Gasteiger partial charge in [0.1, 0.15) is 18.0 Å². The van der Waals surface area contributed by atoms with E-state index >= 15 is 0 Å². The van der Waals surface area contributed by atoms with Crippen molar-refractivity contribution in [2.75, 3.05) is 13.2 Å². The summed E-state index contributed by atoms with van der Waals surface area (Å²) in [5.74, 6) is 0.0985. The predicted molar refractivity (Wildman–Crippen MR) is 110 cm³/mol. The Hall–Kier alpha value is -1.70. The maximum Gasteiger partial charge on any atom is 0.163 e. The Morgan fingerprint density at radius 2 is 2.07 bits per heavy atom. The molecule has 2 N–H and O–H groups in total. The number of thiophene rings is 1. The molecular weight excluding hydrogens is 374 g/mol. The summed E-state index contributed by atoms with van der Waals surface area (Å²) in [4.78, 5) is 0. The van der Waals surface area contributed by atoms with Crippen molar-refractivity contribution in [2.45, 2.75) is 50.4 Å². The fourth-order valence-electron chi connectivity index (χ4n) is 3.71. The van der Waals surface area contributed by atoms with E-state index in [9.17, 15) is 5.11 Å². The lowest BCUT2D eigenvalue weighted by Gasteiger charge is -2.23. The number of benzene rings is 1. The van der Waals surface area contributed by atoms with E-state index < -0.39 is 18.0 Å². The quantitative estimate of drug-likeness (QED) is 0.778. The van der Waals surface area contributed by atoms with Crippen molar-refractivity contribution in [3.8, 4) is 0 Å². The Morgan fingerprint density at radius 3 is 2.75 bits per heavy atom. The molecule has 2 aromatic rings. The first-order chi connectivity index (χ1) is 13.5. The second-order valence-corrected chi connectivity index (χ2v) is 8.49. The molecule has 0 radical (unpaired) electrons. The summed E-state index contributed by atoms with van der Waals surface area (Å²) in [5.41, 5.74) is 2.34. The molecule has 2 aliphatic heterocycles. The molecule has 2 aliphatic rings. The summed E-state index contributed by atoms with van der Waals surface area (Å²) in [6.45, 7) is 4.92. The lowest BCUT2D eigenvalue weighted by Crippen LogP contribution is -2.45. The third-order valence-corrected chi connectivity index (χ3v) is 5.83. The van der Waals surface area contributed by atoms with Crippen LogP contribution in [0, 0.1) is 0 Å². The molecule has 4 atom stereocenters. The van der Waals surface area contributed by atoms with Crippen LogP contribution in [0.3, 0.4) is 0 Å². The van der Waals surface area contributed by atoms with Gasteiger partial charge in [-0.25, -0.2) is 0 Å². The van der Waals surface area contributed by atoms with Crippen molar-refractivity contribution in [3.05, 3.63) is 64.0 Å². The van der Waals surface area contributed by atoms with Gasteiger partial charge in [-0.05, 0) is 60.8 Å². The average Bonchev–Trinajstić information content (AvgIpc) is 3.38. The standard InChI is InChI=1S/C22H27NO4S/c1-22(2)25-13-18(27-22)21-20(24)19(17(26-21)12-16-9-11-28-14-16)23-10-8-15-6-4-3-5-7-15/h3-7,9,11-12,14,18-21,23-24H,8,10,13H2,1-2H3/b17-12-/t18-,19+,20-,21-/m1/s1. The molecule has 0 unspecified atom stereocenters. The minimum absolute atomic E-state index is 0.277. The Kier molecular flexibility index (Phi) is 5.85. The molecule has 3 heterocycles. The Balaban J connectivity index is 1.47. The van der Waals surface area contributed by atoms with Crippen LogP contribution in [0.2, 0.25) is 0 Å². The molecule has 150 valence electrons. The van der Waals surface area contributed by atoms with Crippen LogP contribution in [0.1, 0.15) is 25.0 Å². The number of nitrogens with one attached hydrogen (secondary N) is 1. The maximum absolute atomic E-state index is 11.0. The Bertz CT molecular complexity index is 790. The lowest BCUT2D eigenvalue weighted by atomic mass is 10.0. The topological polar surface area (TPSA) is 60.0 Å². The van der Waals surface area contributed by atoms with Crippen LogP contribution in [0.15, 0.2) is 52.9 Å². The van der Waals surface area contributed by atoms with Crippen LogP contribution < -0.4 is 5.32 Å².